The summed E-state index contributed by atoms with van der Waals surface area (Å²) in [6.07, 6.45) is 2.04. The SMILES string of the molecule is O=C(CSc1cc(C(=O)NC2CC2)c2ccccc2n1)NCc1ccc(F)cc1. The maximum atomic E-state index is 12.9. The fourth-order valence-corrected chi connectivity index (χ4v) is 3.64. The number of hydrogen-bond donors (Lipinski definition) is 2. The third-order valence-electron chi connectivity index (χ3n) is 4.60. The number of rotatable bonds is 7. The minimum absolute atomic E-state index is 0.103. The van der Waals surface area contributed by atoms with Gasteiger partial charge in [0.25, 0.3) is 5.91 Å². The standard InChI is InChI=1S/C22H20FN3O2S/c23-15-7-5-14(6-8-15)12-24-20(27)13-29-21-11-18(22(28)25-16-9-10-16)17-3-1-2-4-19(17)26-21/h1-8,11,16H,9-10,12-13H2,(H,24,27)(H,25,28). The van der Waals surface area contributed by atoms with Crippen LogP contribution in [0, 0.1) is 5.82 Å². The number of nitrogens with one attached hydrogen (secondary N) is 2. The van der Waals surface area contributed by atoms with E-state index in [0.717, 1.165) is 29.3 Å². The molecule has 0 spiro atoms. The average molecular weight is 409 g/mol. The van der Waals surface area contributed by atoms with Gasteiger partial charge in [-0.15, -0.1) is 0 Å². The Balaban J connectivity index is 1.42. The molecule has 0 unspecified atom stereocenters. The molecule has 1 aromatic heterocycles. The van der Waals surface area contributed by atoms with E-state index in [4.69, 9.17) is 0 Å². The molecule has 29 heavy (non-hydrogen) atoms. The summed E-state index contributed by atoms with van der Waals surface area (Å²) in [6.45, 7) is 0.333. The zero-order valence-electron chi connectivity index (χ0n) is 15.7. The van der Waals surface area contributed by atoms with Gasteiger partial charge in [0.1, 0.15) is 5.82 Å². The highest BCUT2D eigenvalue weighted by molar-refractivity contribution is 7.99. The predicted octanol–water partition coefficient (Wildman–Crippen LogP) is 3.67. The van der Waals surface area contributed by atoms with Gasteiger partial charge in [-0.05, 0) is 42.7 Å². The molecule has 3 aromatic rings. The van der Waals surface area contributed by atoms with Gasteiger partial charge in [-0.25, -0.2) is 9.37 Å². The van der Waals surface area contributed by atoms with Gasteiger partial charge >= 0.3 is 0 Å². The van der Waals surface area contributed by atoms with Gasteiger partial charge in [0.15, 0.2) is 0 Å². The number of pyridine rings is 1. The van der Waals surface area contributed by atoms with Crippen LogP contribution in [0.25, 0.3) is 10.9 Å². The first-order valence-electron chi connectivity index (χ1n) is 9.43. The fourth-order valence-electron chi connectivity index (χ4n) is 2.90. The molecule has 0 aliphatic heterocycles. The lowest BCUT2D eigenvalue weighted by atomic mass is 10.1. The largest absolute Gasteiger partial charge is 0.351 e. The number of nitrogens with zero attached hydrogens (tertiary/aromatic N) is 1. The summed E-state index contributed by atoms with van der Waals surface area (Å²) in [4.78, 5) is 29.4. The van der Waals surface area contributed by atoms with Crippen molar-refractivity contribution in [3.05, 3.63) is 71.5 Å². The first kappa shape index (κ1) is 19.4. The molecule has 5 nitrogen and oxygen atoms in total. The lowest BCUT2D eigenvalue weighted by Gasteiger charge is -2.10. The number of carbonyl (C=O) groups excluding carboxylic acids is 2. The van der Waals surface area contributed by atoms with E-state index < -0.39 is 0 Å². The number of halogens is 1. The molecule has 1 fully saturated rings. The minimum atomic E-state index is -0.306. The number of benzene rings is 2. The zero-order chi connectivity index (χ0) is 20.2. The Labute approximate surface area is 172 Å². The number of thioether (sulfide) groups is 1. The van der Waals surface area contributed by atoms with Crippen molar-refractivity contribution >= 4 is 34.5 Å². The molecule has 2 N–H and O–H groups in total. The average Bonchev–Trinajstić information content (AvgIpc) is 3.55. The summed E-state index contributed by atoms with van der Waals surface area (Å²) in [6, 6.07) is 15.5. The molecule has 2 aromatic carbocycles. The first-order valence-corrected chi connectivity index (χ1v) is 10.4. The number of para-hydroxylation sites is 1. The molecule has 1 heterocycles. The van der Waals surface area contributed by atoms with Crippen LogP contribution in [-0.4, -0.2) is 28.6 Å². The van der Waals surface area contributed by atoms with E-state index in [9.17, 15) is 14.0 Å². The lowest BCUT2D eigenvalue weighted by Crippen LogP contribution is -2.26. The van der Waals surface area contributed by atoms with Gasteiger partial charge in [-0.1, -0.05) is 42.1 Å². The highest BCUT2D eigenvalue weighted by Crippen LogP contribution is 2.26. The second-order valence-corrected chi connectivity index (χ2v) is 7.96. The van der Waals surface area contributed by atoms with Gasteiger partial charge in [-0.3, -0.25) is 9.59 Å². The van der Waals surface area contributed by atoms with Gasteiger partial charge in [0, 0.05) is 18.0 Å². The predicted molar refractivity (Wildman–Crippen MR) is 111 cm³/mol. The van der Waals surface area contributed by atoms with Crippen molar-refractivity contribution in [2.45, 2.75) is 30.5 Å². The van der Waals surface area contributed by atoms with Crippen molar-refractivity contribution in [3.8, 4) is 0 Å². The Bertz CT molecular complexity index is 1050. The summed E-state index contributed by atoms with van der Waals surface area (Å²) in [5, 5.41) is 7.25. The number of hydrogen-bond acceptors (Lipinski definition) is 4. The summed E-state index contributed by atoms with van der Waals surface area (Å²) in [5.41, 5.74) is 2.13. The van der Waals surface area contributed by atoms with E-state index >= 15 is 0 Å². The second-order valence-electron chi connectivity index (χ2n) is 6.96. The van der Waals surface area contributed by atoms with E-state index in [1.165, 1.54) is 23.9 Å². The van der Waals surface area contributed by atoms with Crippen molar-refractivity contribution in [1.29, 1.82) is 0 Å². The van der Waals surface area contributed by atoms with Crippen LogP contribution in [-0.2, 0) is 11.3 Å². The van der Waals surface area contributed by atoms with E-state index in [0.29, 0.717) is 17.1 Å². The third-order valence-corrected chi connectivity index (χ3v) is 5.52. The molecule has 148 valence electrons. The maximum Gasteiger partial charge on any atom is 0.252 e. The molecule has 4 rings (SSSR count). The quantitative estimate of drug-likeness (QED) is 0.584. The number of carbonyl (C=O) groups is 2. The van der Waals surface area contributed by atoms with E-state index in [1.807, 2.05) is 24.3 Å². The molecule has 1 saturated carbocycles. The van der Waals surface area contributed by atoms with Crippen molar-refractivity contribution < 1.29 is 14.0 Å². The van der Waals surface area contributed by atoms with Crippen LogP contribution in [0.15, 0.2) is 59.6 Å². The Kier molecular flexibility index (Phi) is 5.76. The summed E-state index contributed by atoms with van der Waals surface area (Å²) in [7, 11) is 0. The molecule has 0 bridgehead atoms. The maximum absolute atomic E-state index is 12.9. The number of fused-ring (bicyclic) bond motifs is 1. The third kappa shape index (κ3) is 5.12. The molecule has 1 aliphatic rings. The zero-order valence-corrected chi connectivity index (χ0v) is 16.5. The van der Waals surface area contributed by atoms with Crippen LogP contribution in [0.2, 0.25) is 0 Å². The molecular weight excluding hydrogens is 389 g/mol. The molecular formula is C22H20FN3O2S. The Morgan fingerprint density at radius 2 is 1.86 bits per heavy atom. The van der Waals surface area contributed by atoms with Gasteiger partial charge in [-0.2, -0.15) is 0 Å². The van der Waals surface area contributed by atoms with E-state index in [-0.39, 0.29) is 29.4 Å². The van der Waals surface area contributed by atoms with Crippen LogP contribution in [0.1, 0.15) is 28.8 Å². The first-order chi connectivity index (χ1) is 14.1. The van der Waals surface area contributed by atoms with Crippen LogP contribution in [0.5, 0.6) is 0 Å². The van der Waals surface area contributed by atoms with Gasteiger partial charge in [0.2, 0.25) is 5.91 Å². The van der Waals surface area contributed by atoms with E-state index in [1.54, 1.807) is 18.2 Å². The smallest absolute Gasteiger partial charge is 0.252 e. The van der Waals surface area contributed by atoms with Crippen LogP contribution in [0.3, 0.4) is 0 Å². The number of aromatic nitrogens is 1. The van der Waals surface area contributed by atoms with Crippen molar-refractivity contribution in [2.75, 3.05) is 5.75 Å². The monoisotopic (exact) mass is 409 g/mol. The van der Waals surface area contributed by atoms with Crippen LogP contribution >= 0.6 is 11.8 Å². The van der Waals surface area contributed by atoms with Crippen LogP contribution < -0.4 is 10.6 Å². The number of amides is 2. The van der Waals surface area contributed by atoms with Crippen molar-refractivity contribution in [2.24, 2.45) is 0 Å². The molecule has 0 saturated heterocycles. The van der Waals surface area contributed by atoms with Gasteiger partial charge in [0.05, 0.1) is 21.9 Å². The van der Waals surface area contributed by atoms with Crippen LogP contribution in [0.4, 0.5) is 4.39 Å². The summed E-state index contributed by atoms with van der Waals surface area (Å²) < 4.78 is 12.9. The molecule has 1 aliphatic carbocycles. The molecule has 7 heteroatoms. The summed E-state index contributed by atoms with van der Waals surface area (Å²) >= 11 is 1.28. The lowest BCUT2D eigenvalue weighted by molar-refractivity contribution is -0.118. The molecule has 0 atom stereocenters. The second kappa shape index (κ2) is 8.61. The molecule has 2 amide bonds. The highest BCUT2D eigenvalue weighted by Gasteiger charge is 2.25. The van der Waals surface area contributed by atoms with E-state index in [2.05, 4.69) is 15.6 Å². The fraction of sp³-hybridized carbons (Fsp3) is 0.227. The Hall–Kier alpha value is -2.93. The van der Waals surface area contributed by atoms with Gasteiger partial charge < -0.3 is 10.6 Å². The van der Waals surface area contributed by atoms with Crippen molar-refractivity contribution in [1.82, 2.24) is 15.6 Å². The Morgan fingerprint density at radius 1 is 1.10 bits per heavy atom. The summed E-state index contributed by atoms with van der Waals surface area (Å²) in [5.74, 6) is -0.387. The molecule has 0 radical (unpaired) electrons. The normalized spacial score (nSPS) is 13.3. The topological polar surface area (TPSA) is 71.1 Å². The van der Waals surface area contributed by atoms with Crippen molar-refractivity contribution in [3.63, 3.8) is 0 Å². The Morgan fingerprint density at radius 3 is 2.62 bits per heavy atom. The minimum Gasteiger partial charge on any atom is -0.351 e. The highest BCUT2D eigenvalue weighted by atomic mass is 32.2.